The van der Waals surface area contributed by atoms with Gasteiger partial charge < -0.3 is 10.4 Å². The first-order valence-electron chi connectivity index (χ1n) is 7.88. The molecule has 0 radical (unpaired) electrons. The summed E-state index contributed by atoms with van der Waals surface area (Å²) in [5.74, 6) is -1.35. The van der Waals surface area contributed by atoms with Gasteiger partial charge in [-0.15, -0.1) is 11.3 Å². The zero-order chi connectivity index (χ0) is 17.6. The largest absolute Gasteiger partial charge is 0.478 e. The topological polar surface area (TPSA) is 66.4 Å². The van der Waals surface area contributed by atoms with Gasteiger partial charge in [0.25, 0.3) is 5.91 Å². The normalized spacial score (nSPS) is 10.4. The molecule has 0 aliphatic heterocycles. The van der Waals surface area contributed by atoms with Crippen molar-refractivity contribution in [3.8, 4) is 0 Å². The molecule has 3 aromatic rings. The van der Waals surface area contributed by atoms with E-state index in [1.807, 2.05) is 23.6 Å². The summed E-state index contributed by atoms with van der Waals surface area (Å²) >= 11 is 1.32. The molecule has 5 heteroatoms. The van der Waals surface area contributed by atoms with E-state index >= 15 is 0 Å². The summed E-state index contributed by atoms with van der Waals surface area (Å²) in [4.78, 5) is 24.2. The molecule has 1 aromatic heterocycles. The lowest BCUT2D eigenvalue weighted by Crippen LogP contribution is -2.14. The number of carboxylic acids is 1. The van der Waals surface area contributed by atoms with Gasteiger partial charge in [-0.2, -0.15) is 0 Å². The van der Waals surface area contributed by atoms with Gasteiger partial charge in [-0.25, -0.2) is 4.79 Å². The van der Waals surface area contributed by atoms with Crippen molar-refractivity contribution >= 4 is 28.9 Å². The number of hydrogen-bond donors (Lipinski definition) is 2. The van der Waals surface area contributed by atoms with E-state index < -0.39 is 5.97 Å². The summed E-state index contributed by atoms with van der Waals surface area (Å²) < 4.78 is 0. The van der Waals surface area contributed by atoms with E-state index in [-0.39, 0.29) is 11.5 Å². The number of hydrogen-bond acceptors (Lipinski definition) is 3. The van der Waals surface area contributed by atoms with Crippen LogP contribution in [-0.4, -0.2) is 17.0 Å². The van der Waals surface area contributed by atoms with Gasteiger partial charge in [0.15, 0.2) is 0 Å². The van der Waals surface area contributed by atoms with Crippen molar-refractivity contribution in [3.63, 3.8) is 0 Å². The summed E-state index contributed by atoms with van der Waals surface area (Å²) in [6.45, 7) is 0. The van der Waals surface area contributed by atoms with Crippen molar-refractivity contribution in [2.24, 2.45) is 0 Å². The maximum Gasteiger partial charge on any atom is 0.337 e. The molecule has 0 atom stereocenters. The van der Waals surface area contributed by atoms with Crippen LogP contribution in [0.25, 0.3) is 0 Å². The zero-order valence-electron chi connectivity index (χ0n) is 13.4. The molecule has 2 N–H and O–H groups in total. The summed E-state index contributed by atoms with van der Waals surface area (Å²) in [7, 11) is 0. The van der Waals surface area contributed by atoms with Gasteiger partial charge in [-0.05, 0) is 47.5 Å². The predicted molar refractivity (Wildman–Crippen MR) is 99.5 cm³/mol. The fourth-order valence-electron chi connectivity index (χ4n) is 2.56. The Balaban J connectivity index is 1.79. The third-order valence-electron chi connectivity index (χ3n) is 3.85. The van der Waals surface area contributed by atoms with Crippen LogP contribution in [-0.2, 0) is 12.8 Å². The first-order valence-corrected chi connectivity index (χ1v) is 8.76. The van der Waals surface area contributed by atoms with E-state index in [4.69, 9.17) is 0 Å². The number of anilines is 1. The van der Waals surface area contributed by atoms with Gasteiger partial charge >= 0.3 is 5.97 Å². The third kappa shape index (κ3) is 4.33. The maximum atomic E-state index is 12.2. The summed E-state index contributed by atoms with van der Waals surface area (Å²) in [5, 5.41) is 13.9. The molecular formula is C20H17NO3S. The number of benzene rings is 2. The number of amides is 1. The molecule has 0 aliphatic rings. The van der Waals surface area contributed by atoms with Crippen molar-refractivity contribution in [1.82, 2.24) is 0 Å². The van der Waals surface area contributed by atoms with Crippen LogP contribution < -0.4 is 5.32 Å². The molecule has 0 spiro atoms. The number of rotatable bonds is 6. The first kappa shape index (κ1) is 16.9. The number of carboxylic acid groups (broad SMARTS) is 1. The number of aromatic carboxylic acids is 1. The van der Waals surface area contributed by atoms with Crippen molar-refractivity contribution in [1.29, 1.82) is 0 Å². The highest BCUT2D eigenvalue weighted by Gasteiger charge is 2.15. The second-order valence-corrected chi connectivity index (χ2v) is 6.55. The average molecular weight is 351 g/mol. The van der Waals surface area contributed by atoms with Gasteiger partial charge in [0.05, 0.1) is 16.1 Å². The van der Waals surface area contributed by atoms with E-state index in [1.54, 1.807) is 30.3 Å². The van der Waals surface area contributed by atoms with Gasteiger partial charge in [0, 0.05) is 0 Å². The summed E-state index contributed by atoms with van der Waals surface area (Å²) in [6, 6.07) is 18.7. The van der Waals surface area contributed by atoms with Crippen molar-refractivity contribution in [2.75, 3.05) is 5.32 Å². The van der Waals surface area contributed by atoms with Crippen LogP contribution in [0.3, 0.4) is 0 Å². The number of carbonyl (C=O) groups is 2. The highest BCUT2D eigenvalue weighted by molar-refractivity contribution is 7.12. The predicted octanol–water partition coefficient (Wildman–Crippen LogP) is 4.48. The highest BCUT2D eigenvalue weighted by atomic mass is 32.1. The fraction of sp³-hybridized carbons (Fsp3) is 0.100. The van der Waals surface area contributed by atoms with Gasteiger partial charge in [0.1, 0.15) is 0 Å². The van der Waals surface area contributed by atoms with E-state index in [1.165, 1.54) is 16.9 Å². The lowest BCUT2D eigenvalue weighted by molar-refractivity contribution is 0.0698. The van der Waals surface area contributed by atoms with E-state index in [0.29, 0.717) is 10.6 Å². The zero-order valence-corrected chi connectivity index (χ0v) is 14.3. The minimum Gasteiger partial charge on any atom is -0.478 e. The molecule has 0 aliphatic carbocycles. The van der Waals surface area contributed by atoms with Crippen LogP contribution in [0.5, 0.6) is 0 Å². The molecule has 1 amide bonds. The summed E-state index contributed by atoms with van der Waals surface area (Å²) in [5.41, 5.74) is 2.62. The molecule has 0 saturated carbocycles. The fourth-order valence-corrected chi connectivity index (χ4v) is 3.18. The van der Waals surface area contributed by atoms with Crippen LogP contribution in [0.4, 0.5) is 5.69 Å². The molecule has 0 unspecified atom stereocenters. The molecule has 0 saturated heterocycles. The molecule has 0 fully saturated rings. The maximum absolute atomic E-state index is 12.2. The van der Waals surface area contributed by atoms with Crippen molar-refractivity contribution < 1.29 is 14.7 Å². The quantitative estimate of drug-likeness (QED) is 0.688. The standard InChI is InChI=1S/C20H17NO3S/c22-19(18-7-4-12-25-18)21-17-13-15(10-11-16(17)20(23)24)9-8-14-5-2-1-3-6-14/h1-7,10-13H,8-9H2,(H,21,22)(H,23,24). The van der Waals surface area contributed by atoms with Crippen LogP contribution in [0.2, 0.25) is 0 Å². The molecule has 0 bridgehead atoms. The minimum atomic E-state index is -1.06. The molecule has 4 nitrogen and oxygen atoms in total. The first-order chi connectivity index (χ1) is 12.1. The molecular weight excluding hydrogens is 334 g/mol. The van der Waals surface area contributed by atoms with Crippen LogP contribution in [0.15, 0.2) is 66.0 Å². The van der Waals surface area contributed by atoms with Crippen LogP contribution >= 0.6 is 11.3 Å². The van der Waals surface area contributed by atoms with E-state index in [2.05, 4.69) is 17.4 Å². The van der Waals surface area contributed by atoms with Crippen molar-refractivity contribution in [3.05, 3.63) is 87.6 Å². The lowest BCUT2D eigenvalue weighted by Gasteiger charge is -2.10. The van der Waals surface area contributed by atoms with Crippen LogP contribution in [0, 0.1) is 0 Å². The number of carbonyl (C=O) groups excluding carboxylic acids is 1. The smallest absolute Gasteiger partial charge is 0.337 e. The SMILES string of the molecule is O=C(Nc1cc(CCc2ccccc2)ccc1C(=O)O)c1cccs1. The molecule has 2 aromatic carbocycles. The number of thiophene rings is 1. The Kier molecular flexibility index (Phi) is 5.26. The number of nitrogens with one attached hydrogen (secondary N) is 1. The number of aryl methyl sites for hydroxylation is 2. The Hall–Kier alpha value is -2.92. The third-order valence-corrected chi connectivity index (χ3v) is 4.72. The Morgan fingerprint density at radius 3 is 2.36 bits per heavy atom. The highest BCUT2D eigenvalue weighted by Crippen LogP contribution is 2.21. The van der Waals surface area contributed by atoms with Crippen molar-refractivity contribution in [2.45, 2.75) is 12.8 Å². The summed E-state index contributed by atoms with van der Waals surface area (Å²) in [6.07, 6.45) is 1.62. The lowest BCUT2D eigenvalue weighted by atomic mass is 10.0. The van der Waals surface area contributed by atoms with Gasteiger partial charge in [0.2, 0.25) is 0 Å². The molecule has 25 heavy (non-hydrogen) atoms. The van der Waals surface area contributed by atoms with E-state index in [0.717, 1.165) is 18.4 Å². The van der Waals surface area contributed by atoms with E-state index in [9.17, 15) is 14.7 Å². The Morgan fingerprint density at radius 1 is 0.920 bits per heavy atom. The minimum absolute atomic E-state index is 0.0911. The second-order valence-electron chi connectivity index (χ2n) is 5.60. The Bertz CT molecular complexity index is 873. The van der Waals surface area contributed by atoms with Gasteiger partial charge in [-0.1, -0.05) is 42.5 Å². The second kappa shape index (κ2) is 7.77. The molecule has 126 valence electrons. The Morgan fingerprint density at radius 2 is 1.68 bits per heavy atom. The monoisotopic (exact) mass is 351 g/mol. The molecule has 3 rings (SSSR count). The average Bonchev–Trinajstić information content (AvgIpc) is 3.15. The van der Waals surface area contributed by atoms with Gasteiger partial charge in [-0.3, -0.25) is 4.79 Å². The Labute approximate surface area is 149 Å². The molecule has 1 heterocycles. The van der Waals surface area contributed by atoms with Crippen LogP contribution in [0.1, 0.15) is 31.2 Å².